The van der Waals surface area contributed by atoms with E-state index in [4.69, 9.17) is 9.47 Å². The van der Waals surface area contributed by atoms with Crippen LogP contribution in [-0.4, -0.2) is 44.8 Å². The number of hydrogen-bond donors (Lipinski definition) is 1. The van der Waals surface area contributed by atoms with Crippen LogP contribution in [0.3, 0.4) is 0 Å². The highest BCUT2D eigenvalue weighted by Crippen LogP contribution is 2.29. The van der Waals surface area contributed by atoms with Crippen molar-refractivity contribution in [1.29, 1.82) is 0 Å². The summed E-state index contributed by atoms with van der Waals surface area (Å²) in [6.07, 6.45) is 0. The van der Waals surface area contributed by atoms with E-state index in [1.807, 2.05) is 0 Å². The average Bonchev–Trinajstić information content (AvgIpc) is 2.69. The van der Waals surface area contributed by atoms with E-state index in [1.165, 1.54) is 24.3 Å². The first-order chi connectivity index (χ1) is 13.1. The lowest BCUT2D eigenvalue weighted by Gasteiger charge is -2.30. The Kier molecular flexibility index (Phi) is 6.03. The van der Waals surface area contributed by atoms with Crippen molar-refractivity contribution in [2.75, 3.05) is 43.1 Å². The lowest BCUT2D eigenvalue weighted by Crippen LogP contribution is -2.36. The van der Waals surface area contributed by atoms with Crippen molar-refractivity contribution in [3.63, 3.8) is 0 Å². The van der Waals surface area contributed by atoms with Gasteiger partial charge in [0, 0.05) is 18.7 Å². The molecule has 0 radical (unpaired) electrons. The Hall–Kier alpha value is -2.93. The number of nitrogens with zero attached hydrogens (tertiary/aromatic N) is 1. The molecule has 1 saturated heterocycles. The van der Waals surface area contributed by atoms with Crippen LogP contribution in [0.15, 0.2) is 42.5 Å². The molecule has 6 nitrogen and oxygen atoms in total. The zero-order valence-electron chi connectivity index (χ0n) is 15.0. The lowest BCUT2D eigenvalue weighted by atomic mass is 10.1. The first-order valence-electron chi connectivity index (χ1n) is 8.79. The van der Waals surface area contributed by atoms with Gasteiger partial charge < -0.3 is 19.7 Å². The summed E-state index contributed by atoms with van der Waals surface area (Å²) in [4.78, 5) is 26.7. The van der Waals surface area contributed by atoms with E-state index in [1.54, 1.807) is 25.1 Å². The maximum absolute atomic E-state index is 13.1. The van der Waals surface area contributed by atoms with E-state index in [0.29, 0.717) is 43.1 Å². The first kappa shape index (κ1) is 18.8. The molecular formula is C20H21FN2O4. The molecule has 0 aromatic heterocycles. The highest BCUT2D eigenvalue weighted by molar-refractivity contribution is 6.06. The fourth-order valence-electron chi connectivity index (χ4n) is 2.85. The van der Waals surface area contributed by atoms with E-state index in [-0.39, 0.29) is 12.5 Å². The number of carbonyl (C=O) groups excluding carboxylic acids is 2. The van der Waals surface area contributed by atoms with Gasteiger partial charge in [-0.3, -0.25) is 4.79 Å². The SMILES string of the molecule is CCOC(=O)c1ccc(N2CCOCC2)c(NC(=O)c2ccc(F)cc2)c1. The number of morpholine rings is 1. The number of esters is 1. The Morgan fingerprint density at radius 1 is 1.11 bits per heavy atom. The molecule has 0 saturated carbocycles. The average molecular weight is 372 g/mol. The van der Waals surface area contributed by atoms with E-state index in [2.05, 4.69) is 10.2 Å². The van der Waals surface area contributed by atoms with Gasteiger partial charge in [0.2, 0.25) is 0 Å². The highest BCUT2D eigenvalue weighted by atomic mass is 19.1. The van der Waals surface area contributed by atoms with Crippen molar-refractivity contribution in [2.45, 2.75) is 6.92 Å². The zero-order chi connectivity index (χ0) is 19.2. The summed E-state index contributed by atoms with van der Waals surface area (Å²) in [5, 5.41) is 2.83. The Bertz CT molecular complexity index is 817. The third-order valence-corrected chi connectivity index (χ3v) is 4.21. The van der Waals surface area contributed by atoms with E-state index in [9.17, 15) is 14.0 Å². The molecule has 3 rings (SSSR count). The summed E-state index contributed by atoms with van der Waals surface area (Å²) in [5.41, 5.74) is 1.97. The van der Waals surface area contributed by atoms with Crippen molar-refractivity contribution in [3.05, 3.63) is 59.4 Å². The highest BCUT2D eigenvalue weighted by Gasteiger charge is 2.19. The topological polar surface area (TPSA) is 67.9 Å². The van der Waals surface area contributed by atoms with Crippen molar-refractivity contribution >= 4 is 23.3 Å². The molecule has 1 amide bonds. The van der Waals surface area contributed by atoms with Crippen molar-refractivity contribution < 1.29 is 23.5 Å². The van der Waals surface area contributed by atoms with E-state index < -0.39 is 11.8 Å². The molecule has 1 fully saturated rings. The van der Waals surface area contributed by atoms with Crippen LogP contribution in [0.5, 0.6) is 0 Å². The molecule has 142 valence electrons. The van der Waals surface area contributed by atoms with Crippen LogP contribution in [-0.2, 0) is 9.47 Å². The predicted octanol–water partition coefficient (Wildman–Crippen LogP) is 3.09. The third-order valence-electron chi connectivity index (χ3n) is 4.21. The molecule has 1 N–H and O–H groups in total. The molecule has 1 heterocycles. The number of benzene rings is 2. The minimum atomic E-state index is -0.455. The molecule has 27 heavy (non-hydrogen) atoms. The smallest absolute Gasteiger partial charge is 0.338 e. The van der Waals surface area contributed by atoms with Crippen molar-refractivity contribution in [3.8, 4) is 0 Å². The van der Waals surface area contributed by atoms with E-state index in [0.717, 1.165) is 5.69 Å². The standard InChI is InChI=1S/C20H21FN2O4/c1-2-27-20(25)15-5-8-18(23-9-11-26-12-10-23)17(13-15)22-19(24)14-3-6-16(21)7-4-14/h3-8,13H,2,9-12H2,1H3,(H,22,24). The molecule has 2 aromatic rings. The van der Waals surface area contributed by atoms with Crippen LogP contribution in [0.4, 0.5) is 15.8 Å². The van der Waals surface area contributed by atoms with Gasteiger partial charge in [0.1, 0.15) is 5.82 Å². The molecule has 7 heteroatoms. The van der Waals surface area contributed by atoms with Crippen LogP contribution in [0.2, 0.25) is 0 Å². The quantitative estimate of drug-likeness (QED) is 0.817. The molecule has 0 aliphatic carbocycles. The molecule has 1 aliphatic heterocycles. The largest absolute Gasteiger partial charge is 0.462 e. The summed E-state index contributed by atoms with van der Waals surface area (Å²) >= 11 is 0. The van der Waals surface area contributed by atoms with Gasteiger partial charge >= 0.3 is 5.97 Å². The Morgan fingerprint density at radius 2 is 1.78 bits per heavy atom. The van der Waals surface area contributed by atoms with Gasteiger partial charge in [0.05, 0.1) is 36.8 Å². The number of amides is 1. The number of halogens is 1. The molecule has 0 spiro atoms. The van der Waals surface area contributed by atoms with Crippen LogP contribution < -0.4 is 10.2 Å². The minimum Gasteiger partial charge on any atom is -0.462 e. The van der Waals surface area contributed by atoms with Gasteiger partial charge in [-0.1, -0.05) is 0 Å². The maximum atomic E-state index is 13.1. The number of hydrogen-bond acceptors (Lipinski definition) is 5. The Morgan fingerprint density at radius 3 is 2.44 bits per heavy atom. The van der Waals surface area contributed by atoms with Crippen LogP contribution in [0, 0.1) is 5.82 Å². The number of anilines is 2. The fraction of sp³-hybridized carbons (Fsp3) is 0.300. The number of ether oxygens (including phenoxy) is 2. The first-order valence-corrected chi connectivity index (χ1v) is 8.79. The minimum absolute atomic E-state index is 0.265. The fourth-order valence-corrected chi connectivity index (χ4v) is 2.85. The number of nitrogens with one attached hydrogen (secondary N) is 1. The number of rotatable bonds is 5. The summed E-state index contributed by atoms with van der Waals surface area (Å²) in [7, 11) is 0. The molecule has 2 aromatic carbocycles. The molecule has 0 unspecified atom stereocenters. The van der Waals surface area contributed by atoms with Gasteiger partial charge in [-0.05, 0) is 49.4 Å². The van der Waals surface area contributed by atoms with Crippen LogP contribution in [0.1, 0.15) is 27.6 Å². The Balaban J connectivity index is 1.90. The summed E-state index contributed by atoms with van der Waals surface area (Å²) in [5.74, 6) is -1.25. The van der Waals surface area contributed by atoms with Gasteiger partial charge in [-0.25, -0.2) is 9.18 Å². The predicted molar refractivity (Wildman–Crippen MR) is 99.8 cm³/mol. The van der Waals surface area contributed by atoms with Gasteiger partial charge in [-0.2, -0.15) is 0 Å². The Labute approximate surface area is 156 Å². The van der Waals surface area contributed by atoms with Gasteiger partial charge in [0.25, 0.3) is 5.91 Å². The monoisotopic (exact) mass is 372 g/mol. The second-order valence-corrected chi connectivity index (χ2v) is 6.01. The molecule has 1 aliphatic rings. The summed E-state index contributed by atoms with van der Waals surface area (Å²) in [6, 6.07) is 10.3. The van der Waals surface area contributed by atoms with Crippen LogP contribution >= 0.6 is 0 Å². The number of carbonyl (C=O) groups is 2. The van der Waals surface area contributed by atoms with E-state index >= 15 is 0 Å². The van der Waals surface area contributed by atoms with Crippen molar-refractivity contribution in [2.24, 2.45) is 0 Å². The van der Waals surface area contributed by atoms with Crippen LogP contribution in [0.25, 0.3) is 0 Å². The molecule has 0 atom stereocenters. The van der Waals surface area contributed by atoms with Gasteiger partial charge in [-0.15, -0.1) is 0 Å². The summed E-state index contributed by atoms with van der Waals surface area (Å²) in [6.45, 7) is 4.53. The maximum Gasteiger partial charge on any atom is 0.338 e. The second kappa shape index (κ2) is 8.64. The zero-order valence-corrected chi connectivity index (χ0v) is 15.0. The lowest BCUT2D eigenvalue weighted by molar-refractivity contribution is 0.0526. The van der Waals surface area contributed by atoms with Crippen molar-refractivity contribution in [1.82, 2.24) is 0 Å². The summed E-state index contributed by atoms with van der Waals surface area (Å²) < 4.78 is 23.5. The third kappa shape index (κ3) is 4.62. The molecule has 0 bridgehead atoms. The molecular weight excluding hydrogens is 351 g/mol. The van der Waals surface area contributed by atoms with Gasteiger partial charge in [0.15, 0.2) is 0 Å². The second-order valence-electron chi connectivity index (χ2n) is 6.01. The normalized spacial score (nSPS) is 13.9.